The Morgan fingerprint density at radius 1 is 1.15 bits per heavy atom. The van der Waals surface area contributed by atoms with Gasteiger partial charge in [0.25, 0.3) is 5.56 Å². The second-order valence-electron chi connectivity index (χ2n) is 7.72. The first kappa shape index (κ1) is 18.2. The monoisotopic (exact) mass is 367 g/mol. The zero-order valence-corrected chi connectivity index (χ0v) is 16.2. The number of piperidine rings is 1. The van der Waals surface area contributed by atoms with Crippen LogP contribution in [0.2, 0.25) is 0 Å². The highest BCUT2D eigenvalue weighted by atomic mass is 16.1. The van der Waals surface area contributed by atoms with Gasteiger partial charge in [-0.15, -0.1) is 0 Å². The molecule has 27 heavy (non-hydrogen) atoms. The number of rotatable bonds is 5. The lowest BCUT2D eigenvalue weighted by Gasteiger charge is -2.29. The zero-order valence-electron chi connectivity index (χ0n) is 16.2. The summed E-state index contributed by atoms with van der Waals surface area (Å²) < 4.78 is 0. The van der Waals surface area contributed by atoms with Crippen LogP contribution < -0.4 is 10.5 Å². The number of anilines is 1. The van der Waals surface area contributed by atoms with Crippen LogP contribution in [-0.4, -0.2) is 39.5 Å². The molecule has 0 radical (unpaired) electrons. The summed E-state index contributed by atoms with van der Waals surface area (Å²) in [6, 6.07) is 4.32. The highest BCUT2D eigenvalue weighted by Crippen LogP contribution is 2.20. The Morgan fingerprint density at radius 2 is 2.00 bits per heavy atom. The molecule has 1 N–H and O–H groups in total. The average molecular weight is 367 g/mol. The maximum Gasteiger partial charge on any atom is 0.255 e. The van der Waals surface area contributed by atoms with Crippen LogP contribution in [0.5, 0.6) is 0 Å². The summed E-state index contributed by atoms with van der Waals surface area (Å²) in [6.07, 6.45) is 8.52. The molecule has 144 valence electrons. The van der Waals surface area contributed by atoms with Gasteiger partial charge in [0.1, 0.15) is 11.6 Å². The number of hydrogen-bond acceptors (Lipinski definition) is 5. The fourth-order valence-corrected chi connectivity index (χ4v) is 4.10. The van der Waals surface area contributed by atoms with Crippen molar-refractivity contribution in [2.24, 2.45) is 0 Å². The first-order chi connectivity index (χ1) is 13.2. The smallest absolute Gasteiger partial charge is 0.255 e. The standard InChI is InChI=1S/C21H29N5O/c1-2-6-19-23-18-9-12-25(15-17(18)21(27)24-19)14-16-7-8-20(22-13-16)26-10-4-3-5-11-26/h7-8,13H,2-6,9-12,14-15H2,1H3,(H,23,24,27). The number of aromatic nitrogens is 3. The van der Waals surface area contributed by atoms with Crippen molar-refractivity contribution in [1.82, 2.24) is 19.9 Å². The normalized spacial score (nSPS) is 17.7. The van der Waals surface area contributed by atoms with Gasteiger partial charge in [-0.05, 0) is 37.3 Å². The number of fused-ring (bicyclic) bond motifs is 1. The minimum atomic E-state index is 0.0340. The van der Waals surface area contributed by atoms with Crippen LogP contribution in [0.1, 0.15) is 55.3 Å². The van der Waals surface area contributed by atoms with Gasteiger partial charge in [-0.25, -0.2) is 9.97 Å². The predicted octanol–water partition coefficient (Wildman–Crippen LogP) is 2.67. The predicted molar refractivity (Wildman–Crippen MR) is 107 cm³/mol. The molecule has 0 aromatic carbocycles. The molecule has 0 unspecified atom stereocenters. The van der Waals surface area contributed by atoms with Crippen molar-refractivity contribution in [3.05, 3.63) is 51.3 Å². The van der Waals surface area contributed by atoms with E-state index in [-0.39, 0.29) is 5.56 Å². The van der Waals surface area contributed by atoms with Crippen molar-refractivity contribution in [3.63, 3.8) is 0 Å². The number of aryl methyl sites for hydroxylation is 1. The Bertz CT molecular complexity index is 823. The number of nitrogens with zero attached hydrogens (tertiary/aromatic N) is 4. The Kier molecular flexibility index (Phi) is 5.53. The first-order valence-corrected chi connectivity index (χ1v) is 10.3. The molecule has 0 aliphatic carbocycles. The Balaban J connectivity index is 1.41. The highest BCUT2D eigenvalue weighted by Gasteiger charge is 2.21. The molecule has 1 fully saturated rings. The average Bonchev–Trinajstić information content (AvgIpc) is 2.70. The second-order valence-corrected chi connectivity index (χ2v) is 7.72. The molecule has 0 spiro atoms. The Morgan fingerprint density at radius 3 is 2.74 bits per heavy atom. The van der Waals surface area contributed by atoms with Gasteiger partial charge in [0.05, 0.1) is 11.3 Å². The van der Waals surface area contributed by atoms with Crippen LogP contribution in [-0.2, 0) is 25.9 Å². The maximum atomic E-state index is 12.4. The van der Waals surface area contributed by atoms with Gasteiger partial charge in [-0.1, -0.05) is 13.0 Å². The minimum Gasteiger partial charge on any atom is -0.357 e. The molecule has 6 heteroatoms. The molecule has 0 atom stereocenters. The van der Waals surface area contributed by atoms with Gasteiger partial charge in [0.2, 0.25) is 0 Å². The molecule has 2 aliphatic rings. The van der Waals surface area contributed by atoms with Crippen LogP contribution in [0, 0.1) is 0 Å². The van der Waals surface area contributed by atoms with Crippen molar-refractivity contribution in [2.45, 2.75) is 58.5 Å². The lowest BCUT2D eigenvalue weighted by Crippen LogP contribution is -2.36. The summed E-state index contributed by atoms with van der Waals surface area (Å²) in [5, 5.41) is 0. The third-order valence-electron chi connectivity index (χ3n) is 5.58. The number of pyridine rings is 1. The van der Waals surface area contributed by atoms with Gasteiger partial charge < -0.3 is 9.88 Å². The third-order valence-corrected chi connectivity index (χ3v) is 5.58. The largest absolute Gasteiger partial charge is 0.357 e. The molecule has 2 aliphatic heterocycles. The number of nitrogens with one attached hydrogen (secondary N) is 1. The van der Waals surface area contributed by atoms with Crippen molar-refractivity contribution in [3.8, 4) is 0 Å². The van der Waals surface area contributed by atoms with Crippen molar-refractivity contribution in [2.75, 3.05) is 24.5 Å². The van der Waals surface area contributed by atoms with Gasteiger partial charge in [-0.3, -0.25) is 9.69 Å². The molecular formula is C21H29N5O. The van der Waals surface area contributed by atoms with E-state index >= 15 is 0 Å². The molecule has 0 bridgehead atoms. The molecule has 2 aromatic rings. The first-order valence-electron chi connectivity index (χ1n) is 10.3. The fraction of sp³-hybridized carbons (Fsp3) is 0.571. The summed E-state index contributed by atoms with van der Waals surface area (Å²) in [4.78, 5) is 29.4. The lowest BCUT2D eigenvalue weighted by molar-refractivity contribution is 0.241. The Hall–Kier alpha value is -2.21. The molecule has 2 aromatic heterocycles. The molecule has 4 rings (SSSR count). The lowest BCUT2D eigenvalue weighted by atomic mass is 10.1. The summed E-state index contributed by atoms with van der Waals surface area (Å²) in [6.45, 7) is 6.76. The summed E-state index contributed by atoms with van der Waals surface area (Å²) in [7, 11) is 0. The van der Waals surface area contributed by atoms with Gasteiger partial charge in [0.15, 0.2) is 0 Å². The molecule has 1 saturated heterocycles. The van der Waals surface area contributed by atoms with Crippen LogP contribution >= 0.6 is 0 Å². The van der Waals surface area contributed by atoms with Crippen molar-refractivity contribution in [1.29, 1.82) is 0 Å². The van der Waals surface area contributed by atoms with E-state index in [4.69, 9.17) is 0 Å². The maximum absolute atomic E-state index is 12.4. The molecule has 4 heterocycles. The van der Waals surface area contributed by atoms with E-state index in [9.17, 15) is 4.79 Å². The highest BCUT2D eigenvalue weighted by molar-refractivity contribution is 5.39. The molecule has 6 nitrogen and oxygen atoms in total. The van der Waals surface area contributed by atoms with Crippen LogP contribution in [0.3, 0.4) is 0 Å². The summed E-state index contributed by atoms with van der Waals surface area (Å²) >= 11 is 0. The number of aromatic amines is 1. The molecule has 0 amide bonds. The van der Waals surface area contributed by atoms with Gasteiger partial charge >= 0.3 is 0 Å². The minimum absolute atomic E-state index is 0.0340. The van der Waals surface area contributed by atoms with Gasteiger partial charge in [-0.2, -0.15) is 0 Å². The third kappa shape index (κ3) is 4.21. The van der Waals surface area contributed by atoms with E-state index in [0.29, 0.717) is 6.54 Å². The van der Waals surface area contributed by atoms with Crippen LogP contribution in [0.25, 0.3) is 0 Å². The molecule has 0 saturated carbocycles. The van der Waals surface area contributed by atoms with Crippen LogP contribution in [0.4, 0.5) is 5.82 Å². The SMILES string of the molecule is CCCc1nc2c(c(=O)[nH]1)CN(Cc1ccc(N3CCCCC3)nc1)CC2. The number of hydrogen-bond donors (Lipinski definition) is 1. The number of H-pyrrole nitrogens is 1. The van der Waals surface area contributed by atoms with Crippen LogP contribution in [0.15, 0.2) is 23.1 Å². The topological polar surface area (TPSA) is 65.1 Å². The zero-order chi connectivity index (χ0) is 18.6. The Labute approximate surface area is 160 Å². The quantitative estimate of drug-likeness (QED) is 0.880. The van der Waals surface area contributed by atoms with E-state index in [2.05, 4.69) is 43.8 Å². The summed E-state index contributed by atoms with van der Waals surface area (Å²) in [5.41, 5.74) is 3.05. The van der Waals surface area contributed by atoms with E-state index < -0.39 is 0 Å². The molecular weight excluding hydrogens is 338 g/mol. The van der Waals surface area contributed by atoms with E-state index in [0.717, 1.165) is 68.3 Å². The van der Waals surface area contributed by atoms with E-state index in [1.54, 1.807) is 0 Å². The van der Waals surface area contributed by atoms with Crippen molar-refractivity contribution < 1.29 is 0 Å². The van der Waals surface area contributed by atoms with E-state index in [1.807, 2.05) is 6.20 Å². The fourth-order valence-electron chi connectivity index (χ4n) is 4.10. The summed E-state index contributed by atoms with van der Waals surface area (Å²) in [5.74, 6) is 1.92. The van der Waals surface area contributed by atoms with Gasteiger partial charge in [0, 0.05) is 51.8 Å². The van der Waals surface area contributed by atoms with Crippen molar-refractivity contribution >= 4 is 5.82 Å². The van der Waals surface area contributed by atoms with E-state index in [1.165, 1.54) is 24.8 Å². The second kappa shape index (κ2) is 8.21.